The minimum absolute atomic E-state index is 0.0188. The molecule has 1 fully saturated rings. The van der Waals surface area contributed by atoms with Crippen LogP contribution in [0.5, 0.6) is 5.75 Å². The standard InChI is InChI=1S/C24H26N2O4S/c1-30-22-8-10-23(11-9-22)31(28,29)26-14-12-20(13-15-26)24(27)25-17-18-6-7-19-4-2-3-5-21(19)16-18/h2-11,16,20H,12-15,17H2,1H3,(H,25,27). The molecule has 1 amide bonds. The number of benzene rings is 3. The zero-order valence-electron chi connectivity index (χ0n) is 17.5. The second-order valence-corrected chi connectivity index (χ2v) is 9.69. The van der Waals surface area contributed by atoms with Crippen molar-refractivity contribution >= 4 is 26.7 Å². The maximum absolute atomic E-state index is 12.9. The fourth-order valence-corrected chi connectivity index (χ4v) is 5.41. The highest BCUT2D eigenvalue weighted by Crippen LogP contribution is 2.25. The van der Waals surface area contributed by atoms with Gasteiger partial charge in [0.25, 0.3) is 0 Å². The number of hydrogen-bond donors (Lipinski definition) is 1. The van der Waals surface area contributed by atoms with E-state index >= 15 is 0 Å². The molecule has 0 atom stereocenters. The molecule has 0 radical (unpaired) electrons. The van der Waals surface area contributed by atoms with Gasteiger partial charge in [0.05, 0.1) is 12.0 Å². The molecule has 6 nitrogen and oxygen atoms in total. The van der Waals surface area contributed by atoms with Gasteiger partial charge in [0, 0.05) is 25.6 Å². The lowest BCUT2D eigenvalue weighted by Crippen LogP contribution is -2.42. The lowest BCUT2D eigenvalue weighted by molar-refractivity contribution is -0.126. The normalized spacial score (nSPS) is 15.6. The van der Waals surface area contributed by atoms with Gasteiger partial charge < -0.3 is 10.1 Å². The number of carbonyl (C=O) groups excluding carboxylic acids is 1. The van der Waals surface area contributed by atoms with Crippen LogP contribution in [0.25, 0.3) is 10.8 Å². The van der Waals surface area contributed by atoms with Gasteiger partial charge in [0.15, 0.2) is 0 Å². The summed E-state index contributed by atoms with van der Waals surface area (Å²) >= 11 is 0. The maximum atomic E-state index is 12.9. The quantitative estimate of drug-likeness (QED) is 0.639. The van der Waals surface area contributed by atoms with Crippen LogP contribution in [0.2, 0.25) is 0 Å². The van der Waals surface area contributed by atoms with E-state index in [-0.39, 0.29) is 16.7 Å². The van der Waals surface area contributed by atoms with E-state index in [9.17, 15) is 13.2 Å². The minimum Gasteiger partial charge on any atom is -0.497 e. The van der Waals surface area contributed by atoms with Crippen LogP contribution >= 0.6 is 0 Å². The Hall–Kier alpha value is -2.90. The Morgan fingerprint density at radius 1 is 1.00 bits per heavy atom. The van der Waals surface area contributed by atoms with E-state index < -0.39 is 10.0 Å². The third-order valence-electron chi connectivity index (χ3n) is 5.80. The summed E-state index contributed by atoms with van der Waals surface area (Å²) in [5, 5.41) is 5.32. The molecular formula is C24H26N2O4S. The fourth-order valence-electron chi connectivity index (χ4n) is 3.94. The first-order chi connectivity index (χ1) is 15.0. The number of amides is 1. The second-order valence-electron chi connectivity index (χ2n) is 7.75. The molecule has 0 unspecified atom stereocenters. The van der Waals surface area contributed by atoms with Gasteiger partial charge in [-0.15, -0.1) is 0 Å². The van der Waals surface area contributed by atoms with Crippen molar-refractivity contribution in [2.45, 2.75) is 24.3 Å². The number of sulfonamides is 1. The van der Waals surface area contributed by atoms with Crippen molar-refractivity contribution < 1.29 is 17.9 Å². The van der Waals surface area contributed by atoms with E-state index in [0.717, 1.165) is 10.9 Å². The predicted molar refractivity (Wildman–Crippen MR) is 120 cm³/mol. The molecule has 7 heteroatoms. The molecule has 3 aromatic rings. The Morgan fingerprint density at radius 2 is 1.68 bits per heavy atom. The van der Waals surface area contributed by atoms with E-state index in [1.54, 1.807) is 31.4 Å². The highest BCUT2D eigenvalue weighted by molar-refractivity contribution is 7.89. The molecule has 0 aromatic heterocycles. The summed E-state index contributed by atoms with van der Waals surface area (Å²) in [6.45, 7) is 1.14. The van der Waals surface area contributed by atoms with Crippen LogP contribution in [0, 0.1) is 5.92 Å². The number of ether oxygens (including phenoxy) is 1. The van der Waals surface area contributed by atoms with Gasteiger partial charge in [0.1, 0.15) is 5.75 Å². The van der Waals surface area contributed by atoms with E-state index in [2.05, 4.69) is 29.6 Å². The van der Waals surface area contributed by atoms with Crippen LogP contribution in [0.3, 0.4) is 0 Å². The molecular weight excluding hydrogens is 412 g/mol. The highest BCUT2D eigenvalue weighted by Gasteiger charge is 2.32. The van der Waals surface area contributed by atoms with Crippen molar-refractivity contribution in [2.24, 2.45) is 5.92 Å². The lowest BCUT2D eigenvalue weighted by atomic mass is 9.97. The average molecular weight is 439 g/mol. The van der Waals surface area contributed by atoms with Crippen molar-refractivity contribution in [3.63, 3.8) is 0 Å². The molecule has 162 valence electrons. The van der Waals surface area contributed by atoms with Crippen LogP contribution in [-0.2, 0) is 21.4 Å². The van der Waals surface area contributed by atoms with Crippen molar-refractivity contribution in [3.05, 3.63) is 72.3 Å². The number of carbonyl (C=O) groups is 1. The molecule has 31 heavy (non-hydrogen) atoms. The average Bonchev–Trinajstić information content (AvgIpc) is 2.82. The first kappa shape index (κ1) is 21.3. The van der Waals surface area contributed by atoms with Crippen molar-refractivity contribution in [2.75, 3.05) is 20.2 Å². The molecule has 0 spiro atoms. The third kappa shape index (κ3) is 4.73. The Bertz CT molecular complexity index is 1170. The van der Waals surface area contributed by atoms with Crippen LogP contribution in [0.4, 0.5) is 0 Å². The monoisotopic (exact) mass is 438 g/mol. The number of piperidine rings is 1. The Morgan fingerprint density at radius 3 is 2.35 bits per heavy atom. The van der Waals surface area contributed by atoms with E-state index in [1.165, 1.54) is 9.69 Å². The zero-order valence-corrected chi connectivity index (χ0v) is 18.3. The summed E-state index contributed by atoms with van der Waals surface area (Å²) in [6.07, 6.45) is 1.03. The topological polar surface area (TPSA) is 75.7 Å². The molecule has 4 rings (SSSR count). The largest absolute Gasteiger partial charge is 0.497 e. The SMILES string of the molecule is COc1ccc(S(=O)(=O)N2CCC(C(=O)NCc3ccc4ccccc4c3)CC2)cc1. The second kappa shape index (κ2) is 9.08. The molecule has 0 saturated carbocycles. The van der Waals surface area contributed by atoms with Crippen LogP contribution in [0.1, 0.15) is 18.4 Å². The summed E-state index contributed by atoms with van der Waals surface area (Å²) in [5.41, 5.74) is 1.05. The van der Waals surface area contributed by atoms with Gasteiger partial charge in [-0.3, -0.25) is 4.79 Å². The van der Waals surface area contributed by atoms with Gasteiger partial charge in [-0.25, -0.2) is 8.42 Å². The van der Waals surface area contributed by atoms with Crippen LogP contribution < -0.4 is 10.1 Å². The first-order valence-electron chi connectivity index (χ1n) is 10.4. The van der Waals surface area contributed by atoms with E-state index in [1.807, 2.05) is 18.2 Å². The smallest absolute Gasteiger partial charge is 0.243 e. The molecule has 1 aliphatic heterocycles. The highest BCUT2D eigenvalue weighted by atomic mass is 32.2. The Kier molecular flexibility index (Phi) is 6.25. The molecule has 1 saturated heterocycles. The first-order valence-corrected chi connectivity index (χ1v) is 11.8. The number of hydrogen-bond acceptors (Lipinski definition) is 4. The zero-order chi connectivity index (χ0) is 21.8. The predicted octanol–water partition coefficient (Wildman–Crippen LogP) is 3.57. The maximum Gasteiger partial charge on any atom is 0.243 e. The van der Waals surface area contributed by atoms with Crippen LogP contribution in [-0.4, -0.2) is 38.8 Å². The van der Waals surface area contributed by atoms with Crippen molar-refractivity contribution in [1.29, 1.82) is 0 Å². The van der Waals surface area contributed by atoms with Crippen molar-refractivity contribution in [3.8, 4) is 5.75 Å². The molecule has 1 N–H and O–H groups in total. The Labute approximate surface area is 182 Å². The van der Waals surface area contributed by atoms with Crippen molar-refractivity contribution in [1.82, 2.24) is 9.62 Å². The molecule has 0 aliphatic carbocycles. The number of rotatable bonds is 6. The molecule has 3 aromatic carbocycles. The van der Waals surface area contributed by atoms with Gasteiger partial charge in [-0.05, 0) is 59.5 Å². The van der Waals surface area contributed by atoms with Gasteiger partial charge in [0.2, 0.25) is 15.9 Å². The number of methoxy groups -OCH3 is 1. The fraction of sp³-hybridized carbons (Fsp3) is 0.292. The summed E-state index contributed by atoms with van der Waals surface area (Å²) in [7, 11) is -2.03. The van der Waals surface area contributed by atoms with Crippen LogP contribution in [0.15, 0.2) is 71.6 Å². The summed E-state index contributed by atoms with van der Waals surface area (Å²) < 4.78 is 32.3. The summed E-state index contributed by atoms with van der Waals surface area (Å²) in [4.78, 5) is 12.9. The van der Waals surface area contributed by atoms with Gasteiger partial charge in [-0.2, -0.15) is 4.31 Å². The van der Waals surface area contributed by atoms with Gasteiger partial charge in [-0.1, -0.05) is 36.4 Å². The number of nitrogens with one attached hydrogen (secondary N) is 1. The minimum atomic E-state index is -3.57. The third-order valence-corrected chi connectivity index (χ3v) is 7.72. The van der Waals surface area contributed by atoms with E-state index in [4.69, 9.17) is 4.74 Å². The molecule has 0 bridgehead atoms. The van der Waals surface area contributed by atoms with E-state index in [0.29, 0.717) is 38.2 Å². The molecule has 1 aliphatic rings. The summed E-state index contributed by atoms with van der Waals surface area (Å²) in [5.74, 6) is 0.415. The van der Waals surface area contributed by atoms with Gasteiger partial charge >= 0.3 is 0 Å². The lowest BCUT2D eigenvalue weighted by Gasteiger charge is -2.30. The number of fused-ring (bicyclic) bond motifs is 1. The summed E-state index contributed by atoms with van der Waals surface area (Å²) in [6, 6.07) is 20.7. The Balaban J connectivity index is 1.32. The molecule has 1 heterocycles. The number of nitrogens with zero attached hydrogens (tertiary/aromatic N) is 1.